The summed E-state index contributed by atoms with van der Waals surface area (Å²) in [7, 11) is -3.64. The third-order valence-electron chi connectivity index (χ3n) is 10.2. The number of nitrogens with one attached hydrogen (secondary N) is 1. The van der Waals surface area contributed by atoms with E-state index in [0.717, 1.165) is 31.2 Å². The van der Waals surface area contributed by atoms with Gasteiger partial charge in [-0.25, -0.2) is 18.2 Å². The first-order valence-corrected chi connectivity index (χ1v) is 17.3. The minimum Gasteiger partial charge on any atom is -0.465 e. The average molecular weight is 642 g/mol. The Balaban J connectivity index is 1.26. The molecule has 1 aliphatic heterocycles. The maximum Gasteiger partial charge on any atom is 0.407 e. The predicted octanol–water partition coefficient (Wildman–Crippen LogP) is 6.58. The van der Waals surface area contributed by atoms with Gasteiger partial charge in [0.25, 0.3) is 5.56 Å². The third-order valence-corrected chi connectivity index (χ3v) is 12.6. The highest BCUT2D eigenvalue weighted by molar-refractivity contribution is 7.92. The van der Waals surface area contributed by atoms with Crippen LogP contribution in [0, 0.1) is 23.7 Å². The number of anilines is 2. The van der Waals surface area contributed by atoms with Crippen molar-refractivity contribution < 1.29 is 18.3 Å². The summed E-state index contributed by atoms with van der Waals surface area (Å²) >= 11 is 6.27. The molecule has 1 saturated heterocycles. The number of rotatable bonds is 5. The van der Waals surface area contributed by atoms with E-state index in [9.17, 15) is 23.1 Å². The summed E-state index contributed by atoms with van der Waals surface area (Å²) in [5.41, 5.74) is 1.26. The van der Waals surface area contributed by atoms with E-state index >= 15 is 0 Å². The molecule has 2 aliphatic carbocycles. The number of aromatic nitrogens is 3. The van der Waals surface area contributed by atoms with E-state index < -0.39 is 21.2 Å². The molecule has 44 heavy (non-hydrogen) atoms. The minimum absolute atomic E-state index is 0.0463. The van der Waals surface area contributed by atoms with E-state index in [2.05, 4.69) is 31.1 Å². The Morgan fingerprint density at radius 1 is 1.14 bits per heavy atom. The van der Waals surface area contributed by atoms with Crippen molar-refractivity contribution >= 4 is 50.2 Å². The highest BCUT2D eigenvalue weighted by Gasteiger charge is 2.62. The number of carbonyl (C=O) groups is 1. The molecule has 10 nitrogen and oxygen atoms in total. The Kier molecular flexibility index (Phi) is 7.72. The Morgan fingerprint density at radius 2 is 1.82 bits per heavy atom. The number of pyridine rings is 1. The second-order valence-electron chi connectivity index (χ2n) is 13.9. The fraction of sp³-hybridized carbons (Fsp3) is 0.562. The van der Waals surface area contributed by atoms with Gasteiger partial charge in [0.1, 0.15) is 10.7 Å². The fourth-order valence-corrected chi connectivity index (χ4v) is 11.0. The van der Waals surface area contributed by atoms with Crippen molar-refractivity contribution in [2.75, 3.05) is 18.4 Å². The molecule has 1 amide bonds. The van der Waals surface area contributed by atoms with Crippen molar-refractivity contribution in [2.45, 2.75) is 88.8 Å². The topological polar surface area (TPSA) is 134 Å². The van der Waals surface area contributed by atoms with Crippen LogP contribution in [0.5, 0.6) is 0 Å². The number of carboxylic acid groups (broad SMARTS) is 1. The molecule has 1 spiro atoms. The zero-order valence-electron chi connectivity index (χ0n) is 25.6. The number of hydrogen-bond donors (Lipinski definition) is 2. The second kappa shape index (κ2) is 11.0. The van der Waals surface area contributed by atoms with Crippen LogP contribution in [-0.4, -0.2) is 57.4 Å². The van der Waals surface area contributed by atoms with E-state index in [0.29, 0.717) is 55.0 Å². The summed E-state index contributed by atoms with van der Waals surface area (Å²) in [6.07, 6.45) is 6.54. The molecule has 3 heterocycles. The van der Waals surface area contributed by atoms with Crippen LogP contribution < -0.4 is 10.9 Å². The molecular formula is C32H40ClN5O5S. The molecule has 2 unspecified atom stereocenters. The van der Waals surface area contributed by atoms with Crippen LogP contribution in [0.2, 0.25) is 5.02 Å². The first-order valence-electron chi connectivity index (χ1n) is 15.4. The minimum atomic E-state index is -3.64. The van der Waals surface area contributed by atoms with Crippen LogP contribution >= 0.6 is 11.6 Å². The van der Waals surface area contributed by atoms with Gasteiger partial charge in [-0.2, -0.15) is 4.98 Å². The van der Waals surface area contributed by atoms with Crippen LogP contribution in [0.1, 0.15) is 77.3 Å². The monoisotopic (exact) mass is 641 g/mol. The molecule has 2 atom stereocenters. The summed E-state index contributed by atoms with van der Waals surface area (Å²) in [5.74, 6) is 0.233. The molecule has 3 aliphatic rings. The van der Waals surface area contributed by atoms with E-state index in [1.807, 2.05) is 6.92 Å². The van der Waals surface area contributed by atoms with E-state index in [-0.39, 0.29) is 38.3 Å². The normalized spacial score (nSPS) is 22.3. The Bertz CT molecular complexity index is 1790. The van der Waals surface area contributed by atoms with Crippen LogP contribution in [0.3, 0.4) is 0 Å². The highest BCUT2D eigenvalue weighted by Crippen LogP contribution is 2.62. The largest absolute Gasteiger partial charge is 0.465 e. The lowest BCUT2D eigenvalue weighted by Crippen LogP contribution is -2.63. The molecule has 2 aromatic heterocycles. The summed E-state index contributed by atoms with van der Waals surface area (Å²) in [6.45, 7) is 9.00. The van der Waals surface area contributed by atoms with Crippen LogP contribution in [-0.2, 0) is 9.84 Å². The molecule has 3 aromatic rings. The van der Waals surface area contributed by atoms with Crippen LogP contribution in [0.25, 0.3) is 11.0 Å². The number of halogens is 1. The third kappa shape index (κ3) is 5.25. The Labute approximate surface area is 262 Å². The molecule has 12 heteroatoms. The summed E-state index contributed by atoms with van der Waals surface area (Å²) in [4.78, 5) is 35.4. The molecular weight excluding hydrogens is 602 g/mol. The lowest BCUT2D eigenvalue weighted by Gasteiger charge is -2.62. The number of sulfone groups is 1. The lowest BCUT2D eigenvalue weighted by molar-refractivity contribution is -0.0789. The molecule has 2 N–H and O–H groups in total. The predicted molar refractivity (Wildman–Crippen MR) is 171 cm³/mol. The molecule has 2 saturated carbocycles. The zero-order valence-corrected chi connectivity index (χ0v) is 27.2. The quantitative estimate of drug-likeness (QED) is 0.319. The number of nitrogens with zero attached hydrogens (tertiary/aromatic N) is 4. The van der Waals surface area contributed by atoms with Crippen molar-refractivity contribution in [2.24, 2.45) is 16.7 Å². The second-order valence-corrected chi connectivity index (χ2v) is 16.5. The molecule has 3 fully saturated rings. The standard InChI is InChI=1S/C32H40ClN5O5S/c1-19-15-22(44(42,43)25-17-32(26(25)31(2,3)4)11-13-37(14-12-32)30(40)41)9-10-24(19)35-29-34-18-20-16-23(33)28(39)38(27(20)36-29)21-7-5-6-8-21/h9-10,15-16,18,21,25-26H,5-8,11-14,17H2,1-4H3,(H,40,41)(H,34,35,36). The van der Waals surface area contributed by atoms with Gasteiger partial charge in [0, 0.05) is 36.4 Å². The maximum atomic E-state index is 14.1. The summed E-state index contributed by atoms with van der Waals surface area (Å²) < 4.78 is 29.8. The van der Waals surface area contributed by atoms with Gasteiger partial charge >= 0.3 is 6.09 Å². The summed E-state index contributed by atoms with van der Waals surface area (Å²) in [6, 6.07) is 6.73. The first-order chi connectivity index (χ1) is 20.7. The van der Waals surface area contributed by atoms with Gasteiger partial charge in [-0.15, -0.1) is 0 Å². The van der Waals surface area contributed by atoms with Crippen molar-refractivity contribution in [3.63, 3.8) is 0 Å². The van der Waals surface area contributed by atoms with Crippen LogP contribution in [0.4, 0.5) is 16.4 Å². The maximum absolute atomic E-state index is 14.1. The van der Waals surface area contributed by atoms with E-state index in [1.54, 1.807) is 35.0 Å². The smallest absolute Gasteiger partial charge is 0.407 e. The van der Waals surface area contributed by atoms with Crippen molar-refractivity contribution in [1.82, 2.24) is 19.4 Å². The van der Waals surface area contributed by atoms with Crippen molar-refractivity contribution in [1.29, 1.82) is 0 Å². The molecule has 236 valence electrons. The van der Waals surface area contributed by atoms with Gasteiger partial charge in [0.05, 0.1) is 10.1 Å². The number of aryl methyl sites for hydroxylation is 1. The SMILES string of the molecule is Cc1cc(S(=O)(=O)C2CC3(CCN(C(=O)O)CC3)C2C(C)(C)C)ccc1Nc1ncc2cc(Cl)c(=O)n(C3CCCC3)c2n1. The van der Waals surface area contributed by atoms with E-state index in [1.165, 1.54) is 4.90 Å². The van der Waals surface area contributed by atoms with Crippen molar-refractivity contribution in [3.05, 3.63) is 51.4 Å². The Morgan fingerprint density at radius 3 is 2.43 bits per heavy atom. The Hall–Kier alpha value is -3.18. The van der Waals surface area contributed by atoms with Gasteiger partial charge in [-0.3, -0.25) is 9.36 Å². The number of fused-ring (bicyclic) bond motifs is 1. The zero-order chi connectivity index (χ0) is 31.6. The number of hydrogen-bond acceptors (Lipinski definition) is 7. The van der Waals surface area contributed by atoms with Gasteiger partial charge < -0.3 is 15.3 Å². The molecule has 1 aromatic carbocycles. The highest BCUT2D eigenvalue weighted by atomic mass is 35.5. The average Bonchev–Trinajstić information content (AvgIpc) is 3.47. The fourth-order valence-electron chi connectivity index (χ4n) is 8.20. The molecule has 0 bridgehead atoms. The number of likely N-dealkylation sites (tertiary alicyclic amines) is 1. The van der Waals surface area contributed by atoms with Gasteiger partial charge in [-0.1, -0.05) is 45.2 Å². The first kappa shape index (κ1) is 30.8. The lowest BCUT2D eigenvalue weighted by atomic mass is 9.48. The molecule has 6 rings (SSSR count). The van der Waals surface area contributed by atoms with E-state index in [4.69, 9.17) is 16.6 Å². The molecule has 0 radical (unpaired) electrons. The van der Waals surface area contributed by atoms with Gasteiger partial charge in [-0.05, 0) is 85.6 Å². The number of amides is 1. The van der Waals surface area contributed by atoms with Gasteiger partial charge in [0.15, 0.2) is 9.84 Å². The van der Waals surface area contributed by atoms with Crippen molar-refractivity contribution in [3.8, 4) is 0 Å². The number of piperidine rings is 1. The van der Waals surface area contributed by atoms with Crippen LogP contribution in [0.15, 0.2) is 40.2 Å². The van der Waals surface area contributed by atoms with Gasteiger partial charge in [0.2, 0.25) is 5.95 Å². The number of benzene rings is 1. The summed E-state index contributed by atoms with van der Waals surface area (Å²) in [5, 5.41) is 13.0.